The van der Waals surface area contributed by atoms with Gasteiger partial charge < -0.3 is 14.6 Å². The molecular formula is C19H21N5O. The molecule has 2 aliphatic rings. The van der Waals surface area contributed by atoms with Crippen molar-refractivity contribution in [3.63, 3.8) is 0 Å². The summed E-state index contributed by atoms with van der Waals surface area (Å²) in [6.45, 7) is 1.66. The zero-order chi connectivity index (χ0) is 16.8. The van der Waals surface area contributed by atoms with Crippen LogP contribution in [-0.2, 0) is 4.79 Å². The molecule has 5 rings (SSSR count). The van der Waals surface area contributed by atoms with Crippen molar-refractivity contribution in [2.24, 2.45) is 5.92 Å². The second kappa shape index (κ2) is 5.72. The number of amides is 1. The highest BCUT2D eigenvalue weighted by Gasteiger charge is 2.31. The minimum Gasteiger partial charge on any atom is -0.354 e. The molecule has 3 aromatic rings. The summed E-state index contributed by atoms with van der Waals surface area (Å²) >= 11 is 0. The molecule has 1 N–H and O–H groups in total. The van der Waals surface area contributed by atoms with Gasteiger partial charge in [0.15, 0.2) is 11.5 Å². The first kappa shape index (κ1) is 14.7. The van der Waals surface area contributed by atoms with Crippen molar-refractivity contribution in [3.05, 3.63) is 36.7 Å². The summed E-state index contributed by atoms with van der Waals surface area (Å²) in [5, 5.41) is 3.15. The Morgan fingerprint density at radius 1 is 1.16 bits per heavy atom. The maximum Gasteiger partial charge on any atom is 0.225 e. The largest absolute Gasteiger partial charge is 0.354 e. The predicted molar refractivity (Wildman–Crippen MR) is 96.6 cm³/mol. The smallest absolute Gasteiger partial charge is 0.225 e. The number of hydrogen-bond acceptors (Lipinski definition) is 4. The number of nitrogens with zero attached hydrogens (tertiary/aromatic N) is 4. The minimum atomic E-state index is 0.0468. The lowest BCUT2D eigenvalue weighted by atomic mass is 9.97. The Hall–Kier alpha value is -2.63. The molecule has 1 unspecified atom stereocenters. The van der Waals surface area contributed by atoms with Crippen LogP contribution in [0.5, 0.6) is 0 Å². The monoisotopic (exact) mass is 335 g/mol. The third kappa shape index (κ3) is 2.62. The lowest BCUT2D eigenvalue weighted by molar-refractivity contribution is -0.125. The molecule has 1 saturated carbocycles. The van der Waals surface area contributed by atoms with Gasteiger partial charge in [0, 0.05) is 31.5 Å². The van der Waals surface area contributed by atoms with Gasteiger partial charge in [-0.05, 0) is 49.9 Å². The van der Waals surface area contributed by atoms with Crippen molar-refractivity contribution in [2.45, 2.75) is 31.7 Å². The fourth-order valence-electron chi connectivity index (χ4n) is 3.76. The van der Waals surface area contributed by atoms with E-state index in [0.717, 1.165) is 61.3 Å². The summed E-state index contributed by atoms with van der Waals surface area (Å²) in [4.78, 5) is 24.0. The summed E-state index contributed by atoms with van der Waals surface area (Å²) in [5.74, 6) is 1.18. The summed E-state index contributed by atoms with van der Waals surface area (Å²) in [6, 6.07) is 8.51. The number of pyridine rings is 1. The normalized spacial score (nSPS) is 21.0. The molecule has 1 aliphatic heterocycles. The number of rotatable bonds is 3. The Labute approximate surface area is 145 Å². The van der Waals surface area contributed by atoms with Crippen LogP contribution in [0.3, 0.4) is 0 Å². The van der Waals surface area contributed by atoms with Gasteiger partial charge in [-0.25, -0.2) is 9.97 Å². The molecule has 0 spiro atoms. The summed E-state index contributed by atoms with van der Waals surface area (Å²) in [5.41, 5.74) is 2.82. The van der Waals surface area contributed by atoms with E-state index < -0.39 is 0 Å². The van der Waals surface area contributed by atoms with E-state index in [1.165, 1.54) is 0 Å². The number of hydrogen-bond donors (Lipinski definition) is 1. The van der Waals surface area contributed by atoms with E-state index in [0.29, 0.717) is 6.04 Å². The fourth-order valence-corrected chi connectivity index (χ4v) is 3.76. The predicted octanol–water partition coefficient (Wildman–Crippen LogP) is 2.38. The quantitative estimate of drug-likeness (QED) is 0.798. The van der Waals surface area contributed by atoms with Crippen LogP contribution in [0.25, 0.3) is 16.7 Å². The van der Waals surface area contributed by atoms with E-state index in [2.05, 4.69) is 25.7 Å². The first-order chi connectivity index (χ1) is 12.3. The zero-order valence-electron chi connectivity index (χ0n) is 14.1. The Bertz CT molecular complexity index is 945. The second-order valence-electron chi connectivity index (χ2n) is 7.11. The number of carbonyl (C=O) groups is 1. The number of nitrogens with one attached hydrogen (secondary N) is 1. The Kier molecular flexibility index (Phi) is 3.36. The van der Waals surface area contributed by atoms with Crippen molar-refractivity contribution in [2.75, 3.05) is 18.0 Å². The van der Waals surface area contributed by atoms with Gasteiger partial charge in [-0.15, -0.1) is 0 Å². The minimum absolute atomic E-state index is 0.0468. The molecule has 25 heavy (non-hydrogen) atoms. The van der Waals surface area contributed by atoms with Gasteiger partial charge >= 0.3 is 0 Å². The number of fused-ring (bicyclic) bond motifs is 3. The topological polar surface area (TPSA) is 62.5 Å². The maximum atomic E-state index is 12.5. The van der Waals surface area contributed by atoms with E-state index in [1.54, 1.807) is 6.20 Å². The molecule has 1 atom stereocenters. The molecule has 0 radical (unpaired) electrons. The van der Waals surface area contributed by atoms with Crippen molar-refractivity contribution >= 4 is 28.4 Å². The van der Waals surface area contributed by atoms with E-state index in [1.807, 2.05) is 24.4 Å². The number of aromatic nitrogens is 3. The Morgan fingerprint density at radius 3 is 2.92 bits per heavy atom. The molecule has 4 heterocycles. The van der Waals surface area contributed by atoms with Crippen molar-refractivity contribution in [1.82, 2.24) is 19.7 Å². The SMILES string of the molecule is O=C(NC1CC1)C1CCCN(c2nc3ncccc3n3cccc23)C1. The van der Waals surface area contributed by atoms with Gasteiger partial charge in [0.2, 0.25) is 5.91 Å². The molecule has 128 valence electrons. The van der Waals surface area contributed by atoms with Gasteiger partial charge in [0.1, 0.15) is 0 Å². The maximum absolute atomic E-state index is 12.5. The molecule has 6 heteroatoms. The van der Waals surface area contributed by atoms with Gasteiger partial charge in [-0.3, -0.25) is 4.79 Å². The zero-order valence-corrected chi connectivity index (χ0v) is 14.1. The molecule has 1 amide bonds. The standard InChI is InChI=1S/C19H21N5O/c25-19(21-14-7-8-14)13-4-2-10-23(12-13)18-16-6-3-11-24(16)15-5-1-9-20-17(15)22-18/h1,3,5-6,9,11,13-14H,2,4,7-8,10,12H2,(H,21,25). The Balaban J connectivity index is 1.50. The third-order valence-electron chi connectivity index (χ3n) is 5.23. The van der Waals surface area contributed by atoms with Gasteiger partial charge in [0.05, 0.1) is 17.0 Å². The van der Waals surface area contributed by atoms with Crippen LogP contribution >= 0.6 is 0 Å². The van der Waals surface area contributed by atoms with Crippen molar-refractivity contribution in [1.29, 1.82) is 0 Å². The molecular weight excluding hydrogens is 314 g/mol. The average molecular weight is 335 g/mol. The Morgan fingerprint density at radius 2 is 2.04 bits per heavy atom. The highest BCUT2D eigenvalue weighted by atomic mass is 16.2. The van der Waals surface area contributed by atoms with Crippen LogP contribution in [-0.4, -0.2) is 39.4 Å². The molecule has 0 aromatic carbocycles. The van der Waals surface area contributed by atoms with Gasteiger partial charge in [0.25, 0.3) is 0 Å². The summed E-state index contributed by atoms with van der Waals surface area (Å²) < 4.78 is 2.14. The molecule has 6 nitrogen and oxygen atoms in total. The number of piperidine rings is 1. The van der Waals surface area contributed by atoms with Crippen LogP contribution in [0.15, 0.2) is 36.7 Å². The number of anilines is 1. The average Bonchev–Trinajstić information content (AvgIpc) is 3.32. The van der Waals surface area contributed by atoms with E-state index >= 15 is 0 Å². The molecule has 1 saturated heterocycles. The van der Waals surface area contributed by atoms with Crippen molar-refractivity contribution < 1.29 is 4.79 Å². The van der Waals surface area contributed by atoms with Crippen LogP contribution in [0.1, 0.15) is 25.7 Å². The summed E-state index contributed by atoms with van der Waals surface area (Å²) in [6.07, 6.45) is 8.05. The molecule has 2 fully saturated rings. The van der Waals surface area contributed by atoms with Crippen LogP contribution in [0.2, 0.25) is 0 Å². The molecule has 0 bridgehead atoms. The van der Waals surface area contributed by atoms with E-state index in [-0.39, 0.29) is 11.8 Å². The first-order valence-corrected chi connectivity index (χ1v) is 9.07. The van der Waals surface area contributed by atoms with E-state index in [9.17, 15) is 4.79 Å². The fraction of sp³-hybridized carbons (Fsp3) is 0.421. The van der Waals surface area contributed by atoms with Gasteiger partial charge in [-0.1, -0.05) is 0 Å². The third-order valence-corrected chi connectivity index (χ3v) is 5.23. The first-order valence-electron chi connectivity index (χ1n) is 9.07. The van der Waals surface area contributed by atoms with Gasteiger partial charge in [-0.2, -0.15) is 0 Å². The summed E-state index contributed by atoms with van der Waals surface area (Å²) in [7, 11) is 0. The number of carbonyl (C=O) groups excluding carboxylic acids is 1. The molecule has 1 aliphatic carbocycles. The van der Waals surface area contributed by atoms with E-state index in [4.69, 9.17) is 4.98 Å². The highest BCUT2D eigenvalue weighted by Crippen LogP contribution is 2.29. The molecule has 3 aromatic heterocycles. The highest BCUT2D eigenvalue weighted by molar-refractivity contribution is 5.84. The lowest BCUT2D eigenvalue weighted by Gasteiger charge is -2.33. The van der Waals surface area contributed by atoms with Crippen LogP contribution in [0, 0.1) is 5.92 Å². The lowest BCUT2D eigenvalue weighted by Crippen LogP contribution is -2.44. The van der Waals surface area contributed by atoms with Crippen molar-refractivity contribution in [3.8, 4) is 0 Å². The second-order valence-corrected chi connectivity index (χ2v) is 7.11. The van der Waals surface area contributed by atoms with Crippen LogP contribution < -0.4 is 10.2 Å². The van der Waals surface area contributed by atoms with Crippen LogP contribution in [0.4, 0.5) is 5.82 Å².